The van der Waals surface area contributed by atoms with Crippen LogP contribution in [0, 0.1) is 0 Å². The number of hydrogen-bond acceptors (Lipinski definition) is 4. The van der Waals surface area contributed by atoms with Crippen molar-refractivity contribution in [1.82, 2.24) is 5.32 Å². The molecule has 0 aliphatic heterocycles. The van der Waals surface area contributed by atoms with Crippen molar-refractivity contribution in [3.05, 3.63) is 82.3 Å². The van der Waals surface area contributed by atoms with Gasteiger partial charge in [0.1, 0.15) is 6.61 Å². The first kappa shape index (κ1) is 21.9. The first-order valence-corrected chi connectivity index (χ1v) is 10.1. The zero-order valence-corrected chi connectivity index (χ0v) is 18.4. The summed E-state index contributed by atoms with van der Waals surface area (Å²) in [6.45, 7) is 0.431. The van der Waals surface area contributed by atoms with E-state index in [1.165, 1.54) is 6.34 Å². The van der Waals surface area contributed by atoms with Crippen LogP contribution in [-0.4, -0.2) is 18.6 Å². The summed E-state index contributed by atoms with van der Waals surface area (Å²) in [4.78, 5) is 4.36. The van der Waals surface area contributed by atoms with Gasteiger partial charge in [-0.05, 0) is 48.1 Å². The second kappa shape index (κ2) is 10.8. The molecular weight excluding hydrogens is 441 g/mol. The molecule has 3 aromatic rings. The Kier molecular flexibility index (Phi) is 7.90. The van der Waals surface area contributed by atoms with E-state index in [1.54, 1.807) is 37.4 Å². The van der Waals surface area contributed by atoms with E-state index in [1.807, 2.05) is 36.4 Å². The number of aliphatic imine (C=N–C) groups is 1. The fourth-order valence-electron chi connectivity index (χ4n) is 2.50. The van der Waals surface area contributed by atoms with Crippen molar-refractivity contribution in [3.63, 3.8) is 0 Å². The molecule has 0 atom stereocenters. The molecule has 0 aromatic heterocycles. The molecule has 30 heavy (non-hydrogen) atoms. The van der Waals surface area contributed by atoms with Crippen LogP contribution in [0.5, 0.6) is 11.5 Å². The molecule has 0 bridgehead atoms. The van der Waals surface area contributed by atoms with Gasteiger partial charge in [0.2, 0.25) is 0 Å². The van der Waals surface area contributed by atoms with Crippen LogP contribution < -0.4 is 20.1 Å². The number of benzene rings is 3. The van der Waals surface area contributed by atoms with Crippen molar-refractivity contribution in [3.8, 4) is 11.5 Å². The molecule has 0 saturated heterocycles. The van der Waals surface area contributed by atoms with Crippen LogP contribution in [0.3, 0.4) is 0 Å². The smallest absolute Gasteiger partial charge is 0.175 e. The van der Waals surface area contributed by atoms with Gasteiger partial charge in [-0.2, -0.15) is 0 Å². The highest BCUT2D eigenvalue weighted by Crippen LogP contribution is 2.32. The van der Waals surface area contributed by atoms with E-state index in [-0.39, 0.29) is 0 Å². The molecule has 0 radical (unpaired) electrons. The van der Waals surface area contributed by atoms with E-state index >= 15 is 0 Å². The molecule has 3 aromatic carbocycles. The normalized spacial score (nSPS) is 10.6. The van der Waals surface area contributed by atoms with Gasteiger partial charge in [0, 0.05) is 11.8 Å². The standard InChI is InChI=1S/C22H19Cl2N3O2S/c1-28-20-10-8-16(12-21(20)29-13-15-5-3-2-4-6-15)25-14-26-22(30)27-17-7-9-18(23)19(24)11-17/h2-12,14H,13H2,1H3,(H2,25,26,27,30). The highest BCUT2D eigenvalue weighted by Gasteiger charge is 2.06. The van der Waals surface area contributed by atoms with Gasteiger partial charge in [0.25, 0.3) is 0 Å². The Morgan fingerprint density at radius 3 is 2.53 bits per heavy atom. The number of nitrogens with one attached hydrogen (secondary N) is 2. The highest BCUT2D eigenvalue weighted by molar-refractivity contribution is 7.80. The van der Waals surface area contributed by atoms with Gasteiger partial charge < -0.3 is 20.1 Å². The van der Waals surface area contributed by atoms with Gasteiger partial charge in [-0.25, -0.2) is 4.99 Å². The first-order chi connectivity index (χ1) is 14.5. The summed E-state index contributed by atoms with van der Waals surface area (Å²) < 4.78 is 11.3. The molecule has 8 heteroatoms. The Bertz CT molecular complexity index is 1050. The van der Waals surface area contributed by atoms with Crippen molar-refractivity contribution in [2.75, 3.05) is 12.4 Å². The number of ether oxygens (including phenoxy) is 2. The maximum atomic E-state index is 6.00. The molecule has 0 aliphatic rings. The second-order valence-corrected chi connectivity index (χ2v) is 7.32. The minimum atomic E-state index is 0.367. The molecule has 0 aliphatic carbocycles. The third kappa shape index (κ3) is 6.35. The number of nitrogens with zero attached hydrogens (tertiary/aromatic N) is 1. The van der Waals surface area contributed by atoms with Crippen LogP contribution >= 0.6 is 35.4 Å². The largest absolute Gasteiger partial charge is 0.493 e. The monoisotopic (exact) mass is 459 g/mol. The quantitative estimate of drug-likeness (QED) is 0.249. The Balaban J connectivity index is 1.60. The van der Waals surface area contributed by atoms with Crippen LogP contribution in [-0.2, 0) is 6.61 Å². The average molecular weight is 460 g/mol. The molecule has 0 fully saturated rings. The maximum Gasteiger partial charge on any atom is 0.175 e. The number of hydrogen-bond donors (Lipinski definition) is 2. The molecule has 3 rings (SSSR count). The number of rotatable bonds is 7. The van der Waals surface area contributed by atoms with Crippen LogP contribution in [0.4, 0.5) is 11.4 Å². The van der Waals surface area contributed by atoms with Gasteiger partial charge in [-0.15, -0.1) is 0 Å². The summed E-state index contributed by atoms with van der Waals surface area (Å²) in [5, 5.41) is 7.20. The third-order valence-corrected chi connectivity index (χ3v) is 4.93. The van der Waals surface area contributed by atoms with Crippen molar-refractivity contribution >= 4 is 58.2 Å². The molecule has 0 amide bonds. The van der Waals surface area contributed by atoms with Crippen LogP contribution in [0.1, 0.15) is 5.56 Å². The Morgan fingerprint density at radius 1 is 1.00 bits per heavy atom. The van der Waals surface area contributed by atoms with Crippen LogP contribution in [0.2, 0.25) is 10.0 Å². The number of methoxy groups -OCH3 is 1. The molecule has 5 nitrogen and oxygen atoms in total. The number of halogens is 2. The molecule has 2 N–H and O–H groups in total. The van der Waals surface area contributed by atoms with Crippen molar-refractivity contribution in [1.29, 1.82) is 0 Å². The van der Waals surface area contributed by atoms with Gasteiger partial charge in [-0.1, -0.05) is 53.5 Å². The van der Waals surface area contributed by atoms with Crippen molar-refractivity contribution in [2.24, 2.45) is 4.99 Å². The second-order valence-electron chi connectivity index (χ2n) is 6.09. The summed E-state index contributed by atoms with van der Waals surface area (Å²) in [6, 6.07) is 20.5. The fourth-order valence-corrected chi connectivity index (χ4v) is 2.97. The van der Waals surface area contributed by atoms with Gasteiger partial charge in [-0.3, -0.25) is 0 Å². The maximum absolute atomic E-state index is 6.00. The molecule has 0 saturated carbocycles. The molecular formula is C22H19Cl2N3O2S. The summed E-state index contributed by atoms with van der Waals surface area (Å²) in [5.74, 6) is 1.24. The van der Waals surface area contributed by atoms with Gasteiger partial charge in [0.05, 0.1) is 29.2 Å². The van der Waals surface area contributed by atoms with E-state index in [0.717, 1.165) is 11.3 Å². The Hall–Kier alpha value is -2.80. The predicted octanol–water partition coefficient (Wildman–Crippen LogP) is 6.23. The Labute approximate surface area is 190 Å². The summed E-state index contributed by atoms with van der Waals surface area (Å²) in [7, 11) is 1.60. The summed E-state index contributed by atoms with van der Waals surface area (Å²) in [6.07, 6.45) is 1.50. The lowest BCUT2D eigenvalue weighted by Crippen LogP contribution is -2.26. The fraction of sp³-hybridized carbons (Fsp3) is 0.0909. The molecule has 0 unspecified atom stereocenters. The molecule has 154 valence electrons. The molecule has 0 spiro atoms. The zero-order chi connectivity index (χ0) is 21.3. The minimum Gasteiger partial charge on any atom is -0.493 e. The Morgan fingerprint density at radius 2 is 1.80 bits per heavy atom. The van der Waals surface area contributed by atoms with Crippen LogP contribution in [0.25, 0.3) is 0 Å². The van der Waals surface area contributed by atoms with Gasteiger partial charge >= 0.3 is 0 Å². The lowest BCUT2D eigenvalue weighted by molar-refractivity contribution is 0.284. The van der Waals surface area contributed by atoms with Gasteiger partial charge in [0.15, 0.2) is 16.6 Å². The van der Waals surface area contributed by atoms with Crippen molar-refractivity contribution in [2.45, 2.75) is 6.61 Å². The minimum absolute atomic E-state index is 0.367. The SMILES string of the molecule is COc1ccc(N=CNC(=S)Nc2ccc(Cl)c(Cl)c2)cc1OCc1ccccc1. The molecule has 0 heterocycles. The van der Waals surface area contributed by atoms with Crippen LogP contribution in [0.15, 0.2) is 71.7 Å². The first-order valence-electron chi connectivity index (χ1n) is 8.95. The van der Waals surface area contributed by atoms with E-state index in [4.69, 9.17) is 44.9 Å². The summed E-state index contributed by atoms with van der Waals surface area (Å²) >= 11 is 17.2. The third-order valence-electron chi connectivity index (χ3n) is 3.97. The average Bonchev–Trinajstić information content (AvgIpc) is 2.75. The topological polar surface area (TPSA) is 54.9 Å². The lowest BCUT2D eigenvalue weighted by Gasteiger charge is -2.11. The van der Waals surface area contributed by atoms with E-state index in [2.05, 4.69) is 15.6 Å². The lowest BCUT2D eigenvalue weighted by atomic mass is 10.2. The predicted molar refractivity (Wildman–Crippen MR) is 128 cm³/mol. The van der Waals surface area contributed by atoms with Crippen molar-refractivity contribution < 1.29 is 9.47 Å². The van der Waals surface area contributed by atoms with E-state index < -0.39 is 0 Å². The van der Waals surface area contributed by atoms with E-state index in [9.17, 15) is 0 Å². The number of anilines is 1. The highest BCUT2D eigenvalue weighted by atomic mass is 35.5. The summed E-state index contributed by atoms with van der Waals surface area (Å²) in [5.41, 5.74) is 2.47. The number of thiocarbonyl (C=S) groups is 1. The van der Waals surface area contributed by atoms with E-state index in [0.29, 0.717) is 39.0 Å². The zero-order valence-electron chi connectivity index (χ0n) is 16.1.